The van der Waals surface area contributed by atoms with E-state index in [1.54, 1.807) is 12.1 Å². The zero-order valence-corrected chi connectivity index (χ0v) is 15.6. The van der Waals surface area contributed by atoms with Gasteiger partial charge < -0.3 is 0 Å². The van der Waals surface area contributed by atoms with Gasteiger partial charge in [0.05, 0.1) is 11.5 Å². The van der Waals surface area contributed by atoms with Gasteiger partial charge in [0.2, 0.25) is 0 Å². The Morgan fingerprint density at radius 3 is 2.38 bits per heavy atom. The van der Waals surface area contributed by atoms with Gasteiger partial charge in [0.1, 0.15) is 0 Å². The molecule has 0 amide bonds. The maximum Gasteiger partial charge on any atom is 0.0933 e. The summed E-state index contributed by atoms with van der Waals surface area (Å²) in [5.41, 5.74) is 0.313. The molecule has 1 aromatic rings. The van der Waals surface area contributed by atoms with Crippen molar-refractivity contribution in [1.29, 1.82) is 5.26 Å². The Hall–Kier alpha value is -0.230. The largest absolute Gasteiger partial charge is 0.197 e. The van der Waals surface area contributed by atoms with E-state index in [9.17, 15) is 5.26 Å². The summed E-state index contributed by atoms with van der Waals surface area (Å²) in [4.78, 5) is 0. The molecule has 1 rings (SSSR count). The molecule has 0 radical (unpaired) electrons. The van der Waals surface area contributed by atoms with Crippen molar-refractivity contribution < 1.29 is 0 Å². The van der Waals surface area contributed by atoms with E-state index < -0.39 is 5.41 Å². The zero-order valence-electron chi connectivity index (χ0n) is 12.5. The van der Waals surface area contributed by atoms with Crippen LogP contribution >= 0.6 is 39.1 Å². The number of rotatable bonds is 9. The second kappa shape index (κ2) is 9.72. The highest BCUT2D eigenvalue weighted by Gasteiger charge is 2.32. The quantitative estimate of drug-likeness (QED) is 0.332. The molecule has 0 spiro atoms. The monoisotopic (exact) mass is 389 g/mol. The average molecular weight is 391 g/mol. The summed E-state index contributed by atoms with van der Waals surface area (Å²) in [6.07, 6.45) is 8.11. The molecule has 1 aromatic carbocycles. The van der Waals surface area contributed by atoms with E-state index in [2.05, 4.69) is 28.9 Å². The smallest absolute Gasteiger partial charge is 0.0933 e. The first-order valence-corrected chi connectivity index (χ1v) is 9.40. The average Bonchev–Trinajstić information content (AvgIpc) is 2.48. The molecule has 1 atom stereocenters. The summed E-state index contributed by atoms with van der Waals surface area (Å²) in [6.45, 7) is 2.22. The van der Waals surface area contributed by atoms with Gasteiger partial charge in [-0.1, -0.05) is 90.6 Å². The molecular weight excluding hydrogens is 369 g/mol. The molecular formula is C17H22BrCl2N. The van der Waals surface area contributed by atoms with E-state index in [-0.39, 0.29) is 0 Å². The lowest BCUT2D eigenvalue weighted by Crippen LogP contribution is -2.26. The lowest BCUT2D eigenvalue weighted by molar-refractivity contribution is 0.502. The molecule has 0 saturated carbocycles. The molecule has 1 nitrogen and oxygen atoms in total. The Balaban J connectivity index is 2.72. The standard InChI is InChI=1S/C17H22BrCl2N/c1-2-3-4-5-6-7-10-17(12-18,13-21)15-9-8-14(19)11-16(15)20/h8-9,11H,2-7,10,12H2,1H3. The molecule has 0 aliphatic rings. The van der Waals surface area contributed by atoms with E-state index in [4.69, 9.17) is 23.2 Å². The molecule has 0 heterocycles. The van der Waals surface area contributed by atoms with Gasteiger partial charge in [0.15, 0.2) is 0 Å². The van der Waals surface area contributed by atoms with Gasteiger partial charge in [0.25, 0.3) is 0 Å². The maximum atomic E-state index is 9.69. The van der Waals surface area contributed by atoms with Crippen molar-refractivity contribution in [3.63, 3.8) is 0 Å². The van der Waals surface area contributed by atoms with Crippen LogP contribution in [0, 0.1) is 11.3 Å². The molecule has 0 fully saturated rings. The first-order chi connectivity index (χ1) is 10.1. The lowest BCUT2D eigenvalue weighted by Gasteiger charge is -2.26. The SMILES string of the molecule is CCCCCCCCC(C#N)(CBr)c1ccc(Cl)cc1Cl. The Bertz CT molecular complexity index is 484. The van der Waals surface area contributed by atoms with Crippen LogP contribution in [0.1, 0.15) is 57.4 Å². The van der Waals surface area contributed by atoms with Crippen LogP contribution < -0.4 is 0 Å². The summed E-state index contributed by atoms with van der Waals surface area (Å²) in [7, 11) is 0. The van der Waals surface area contributed by atoms with Crippen molar-refractivity contribution in [2.24, 2.45) is 0 Å². The molecule has 0 bridgehead atoms. The van der Waals surface area contributed by atoms with Crippen LogP contribution in [0.4, 0.5) is 0 Å². The number of nitriles is 1. The van der Waals surface area contributed by atoms with Gasteiger partial charge in [-0.25, -0.2) is 0 Å². The molecule has 21 heavy (non-hydrogen) atoms. The molecule has 4 heteroatoms. The normalized spacial score (nSPS) is 13.7. The van der Waals surface area contributed by atoms with Gasteiger partial charge in [0, 0.05) is 15.4 Å². The van der Waals surface area contributed by atoms with Gasteiger partial charge in [-0.2, -0.15) is 5.26 Å². The van der Waals surface area contributed by atoms with Crippen LogP contribution in [0.2, 0.25) is 10.0 Å². The van der Waals surface area contributed by atoms with Crippen molar-refractivity contribution in [2.75, 3.05) is 5.33 Å². The number of hydrogen-bond acceptors (Lipinski definition) is 1. The first-order valence-electron chi connectivity index (χ1n) is 7.52. The number of halogens is 3. The van der Waals surface area contributed by atoms with E-state index in [0.29, 0.717) is 15.4 Å². The van der Waals surface area contributed by atoms with Crippen LogP contribution in [0.15, 0.2) is 18.2 Å². The molecule has 0 aliphatic carbocycles. The van der Waals surface area contributed by atoms with Crippen molar-refractivity contribution in [3.8, 4) is 6.07 Å². The van der Waals surface area contributed by atoms with Crippen LogP contribution in [-0.4, -0.2) is 5.33 Å². The number of alkyl halides is 1. The summed E-state index contributed by atoms with van der Waals surface area (Å²) < 4.78 is 0. The van der Waals surface area contributed by atoms with Crippen LogP contribution in [0.25, 0.3) is 0 Å². The Morgan fingerprint density at radius 1 is 1.14 bits per heavy atom. The molecule has 0 saturated heterocycles. The molecule has 1 unspecified atom stereocenters. The fraction of sp³-hybridized carbons (Fsp3) is 0.588. The van der Waals surface area contributed by atoms with Gasteiger partial charge in [-0.15, -0.1) is 0 Å². The first kappa shape index (κ1) is 18.8. The Kier molecular flexibility index (Phi) is 8.71. The second-order valence-corrected chi connectivity index (χ2v) is 6.87. The predicted octanol–water partition coefficient (Wildman–Crippen LogP) is 6.90. The minimum atomic E-state index is -0.563. The fourth-order valence-corrected chi connectivity index (χ4v) is 3.80. The van der Waals surface area contributed by atoms with Crippen LogP contribution in [0.5, 0.6) is 0 Å². The summed E-state index contributed by atoms with van der Waals surface area (Å²) in [5.74, 6) is 0. The van der Waals surface area contributed by atoms with Crippen LogP contribution in [-0.2, 0) is 5.41 Å². The van der Waals surface area contributed by atoms with Crippen molar-refractivity contribution >= 4 is 39.1 Å². The van der Waals surface area contributed by atoms with E-state index in [1.807, 2.05) is 6.07 Å². The summed E-state index contributed by atoms with van der Waals surface area (Å²) >= 11 is 15.7. The summed E-state index contributed by atoms with van der Waals surface area (Å²) in [5, 5.41) is 11.5. The van der Waals surface area contributed by atoms with Gasteiger partial charge in [-0.05, 0) is 24.1 Å². The molecule has 0 N–H and O–H groups in total. The van der Waals surface area contributed by atoms with E-state index in [1.165, 1.54) is 32.1 Å². The fourth-order valence-electron chi connectivity index (χ4n) is 2.50. The maximum absolute atomic E-state index is 9.69. The number of unbranched alkanes of at least 4 members (excludes halogenated alkanes) is 5. The van der Waals surface area contributed by atoms with Crippen molar-refractivity contribution in [2.45, 2.75) is 57.3 Å². The topological polar surface area (TPSA) is 23.8 Å². The minimum Gasteiger partial charge on any atom is -0.197 e. The minimum absolute atomic E-state index is 0.563. The summed E-state index contributed by atoms with van der Waals surface area (Å²) in [6, 6.07) is 7.87. The van der Waals surface area contributed by atoms with Gasteiger partial charge in [-0.3, -0.25) is 0 Å². The number of benzene rings is 1. The highest BCUT2D eigenvalue weighted by Crippen LogP contribution is 2.37. The highest BCUT2D eigenvalue weighted by molar-refractivity contribution is 9.09. The number of hydrogen-bond donors (Lipinski definition) is 0. The lowest BCUT2D eigenvalue weighted by atomic mass is 9.79. The third-order valence-corrected chi connectivity index (χ3v) is 5.35. The Morgan fingerprint density at radius 2 is 1.81 bits per heavy atom. The van der Waals surface area contributed by atoms with Crippen molar-refractivity contribution in [3.05, 3.63) is 33.8 Å². The molecule has 0 aromatic heterocycles. The van der Waals surface area contributed by atoms with E-state index >= 15 is 0 Å². The van der Waals surface area contributed by atoms with Crippen molar-refractivity contribution in [1.82, 2.24) is 0 Å². The second-order valence-electron chi connectivity index (χ2n) is 5.47. The Labute approximate surface area is 146 Å². The molecule has 0 aliphatic heterocycles. The molecule has 116 valence electrons. The zero-order chi connectivity index (χ0) is 15.7. The van der Waals surface area contributed by atoms with Crippen LogP contribution in [0.3, 0.4) is 0 Å². The third-order valence-electron chi connectivity index (χ3n) is 3.85. The van der Waals surface area contributed by atoms with E-state index in [0.717, 1.165) is 18.4 Å². The number of nitrogens with zero attached hydrogens (tertiary/aromatic N) is 1. The highest BCUT2D eigenvalue weighted by atomic mass is 79.9. The third kappa shape index (κ3) is 5.47. The predicted molar refractivity (Wildman–Crippen MR) is 95.5 cm³/mol. The van der Waals surface area contributed by atoms with Gasteiger partial charge >= 0.3 is 0 Å².